The second-order valence-electron chi connectivity index (χ2n) is 7.41. The zero-order chi connectivity index (χ0) is 23.7. The highest BCUT2D eigenvalue weighted by Gasteiger charge is 2.22. The number of anilines is 1. The highest BCUT2D eigenvalue weighted by Crippen LogP contribution is 2.22. The molecule has 1 aromatic heterocycles. The SMILES string of the molecule is COCCN(CC(=O)Nc1nc(CC(=O)NCC(C)C)cs1)C(=O)c1ccc(Cl)cc1Cl. The number of carbonyl (C=O) groups is 3. The summed E-state index contributed by atoms with van der Waals surface area (Å²) >= 11 is 13.3. The van der Waals surface area contributed by atoms with Crippen LogP contribution < -0.4 is 10.6 Å². The Morgan fingerprint density at radius 1 is 1.22 bits per heavy atom. The van der Waals surface area contributed by atoms with Crippen LogP contribution in [0.2, 0.25) is 10.0 Å². The summed E-state index contributed by atoms with van der Waals surface area (Å²) in [5.74, 6) is -0.612. The second-order valence-corrected chi connectivity index (χ2v) is 9.11. The molecule has 0 bridgehead atoms. The number of hydrogen-bond donors (Lipinski definition) is 2. The maximum atomic E-state index is 12.9. The summed E-state index contributed by atoms with van der Waals surface area (Å²) in [5, 5.41) is 8.17. The van der Waals surface area contributed by atoms with Gasteiger partial charge in [-0.25, -0.2) is 4.98 Å². The lowest BCUT2D eigenvalue weighted by Gasteiger charge is -2.22. The molecule has 0 saturated carbocycles. The summed E-state index contributed by atoms with van der Waals surface area (Å²) in [6.07, 6.45) is 0.132. The van der Waals surface area contributed by atoms with Gasteiger partial charge in [0, 0.05) is 30.6 Å². The number of halogens is 2. The van der Waals surface area contributed by atoms with E-state index in [0.29, 0.717) is 28.3 Å². The van der Waals surface area contributed by atoms with Gasteiger partial charge in [-0.05, 0) is 24.1 Å². The number of aromatic nitrogens is 1. The van der Waals surface area contributed by atoms with Gasteiger partial charge in [-0.2, -0.15) is 0 Å². The first-order valence-electron chi connectivity index (χ1n) is 9.93. The third kappa shape index (κ3) is 8.38. The molecule has 1 heterocycles. The van der Waals surface area contributed by atoms with E-state index in [9.17, 15) is 14.4 Å². The zero-order valence-corrected chi connectivity index (χ0v) is 20.4. The smallest absolute Gasteiger partial charge is 0.255 e. The molecule has 2 N–H and O–H groups in total. The lowest BCUT2D eigenvalue weighted by molar-refractivity contribution is -0.120. The topological polar surface area (TPSA) is 101 Å². The van der Waals surface area contributed by atoms with Crippen molar-refractivity contribution < 1.29 is 19.1 Å². The van der Waals surface area contributed by atoms with E-state index >= 15 is 0 Å². The summed E-state index contributed by atoms with van der Waals surface area (Å²) in [7, 11) is 1.51. The van der Waals surface area contributed by atoms with Crippen LogP contribution in [0.4, 0.5) is 5.13 Å². The van der Waals surface area contributed by atoms with Crippen LogP contribution in [0.5, 0.6) is 0 Å². The number of nitrogens with one attached hydrogen (secondary N) is 2. The molecule has 32 heavy (non-hydrogen) atoms. The van der Waals surface area contributed by atoms with E-state index in [4.69, 9.17) is 27.9 Å². The third-order valence-electron chi connectivity index (χ3n) is 4.20. The molecular weight excluding hydrogens is 475 g/mol. The van der Waals surface area contributed by atoms with E-state index in [1.165, 1.54) is 35.5 Å². The first kappa shape index (κ1) is 26.1. The van der Waals surface area contributed by atoms with Gasteiger partial charge in [-0.3, -0.25) is 14.4 Å². The predicted molar refractivity (Wildman–Crippen MR) is 127 cm³/mol. The first-order chi connectivity index (χ1) is 15.2. The highest BCUT2D eigenvalue weighted by atomic mass is 35.5. The molecule has 2 aromatic rings. The summed E-state index contributed by atoms with van der Waals surface area (Å²) in [5.41, 5.74) is 0.802. The van der Waals surface area contributed by atoms with Crippen LogP contribution in [0.25, 0.3) is 0 Å². The number of methoxy groups -OCH3 is 1. The van der Waals surface area contributed by atoms with Crippen molar-refractivity contribution in [1.82, 2.24) is 15.2 Å². The van der Waals surface area contributed by atoms with Crippen molar-refractivity contribution in [3.05, 3.63) is 44.9 Å². The monoisotopic (exact) mass is 500 g/mol. The number of ether oxygens (including phenoxy) is 1. The lowest BCUT2D eigenvalue weighted by atomic mass is 10.2. The van der Waals surface area contributed by atoms with Crippen molar-refractivity contribution in [3.8, 4) is 0 Å². The van der Waals surface area contributed by atoms with E-state index < -0.39 is 11.8 Å². The second kappa shape index (κ2) is 12.7. The molecule has 2 rings (SSSR count). The molecular formula is C21H26Cl2N4O4S. The summed E-state index contributed by atoms with van der Waals surface area (Å²) in [6.45, 7) is 4.84. The average Bonchev–Trinajstić information content (AvgIpc) is 3.15. The molecule has 11 heteroatoms. The Labute approximate surface area is 201 Å². The van der Waals surface area contributed by atoms with Gasteiger partial charge in [-0.15, -0.1) is 11.3 Å². The summed E-state index contributed by atoms with van der Waals surface area (Å²) < 4.78 is 5.05. The maximum Gasteiger partial charge on any atom is 0.255 e. The Balaban J connectivity index is 1.99. The van der Waals surface area contributed by atoms with Crippen LogP contribution in [-0.4, -0.2) is 61.0 Å². The molecule has 0 aliphatic rings. The number of thiazole rings is 1. The predicted octanol–water partition coefficient (Wildman–Crippen LogP) is 3.49. The highest BCUT2D eigenvalue weighted by molar-refractivity contribution is 7.13. The van der Waals surface area contributed by atoms with Crippen LogP contribution in [0.1, 0.15) is 29.9 Å². The van der Waals surface area contributed by atoms with Crippen molar-refractivity contribution in [1.29, 1.82) is 0 Å². The number of amides is 3. The Kier molecular flexibility index (Phi) is 10.4. The van der Waals surface area contributed by atoms with E-state index in [1.807, 2.05) is 13.8 Å². The van der Waals surface area contributed by atoms with Crippen molar-refractivity contribution >= 4 is 57.4 Å². The van der Waals surface area contributed by atoms with E-state index in [2.05, 4.69) is 15.6 Å². The Morgan fingerprint density at radius 2 is 1.97 bits per heavy atom. The molecule has 0 fully saturated rings. The Bertz CT molecular complexity index is 952. The third-order valence-corrected chi connectivity index (χ3v) is 5.55. The van der Waals surface area contributed by atoms with Gasteiger partial charge in [0.05, 0.1) is 29.3 Å². The molecule has 174 valence electrons. The standard InChI is InChI=1S/C21H26Cl2N4O4S/c1-13(2)10-24-18(28)9-15-12-32-21(25-15)26-19(29)11-27(6-7-31-3)20(30)16-5-4-14(22)8-17(16)23/h4-5,8,12-13H,6-7,9-11H2,1-3H3,(H,24,28)(H,25,26,29). The van der Waals surface area contributed by atoms with Gasteiger partial charge >= 0.3 is 0 Å². The van der Waals surface area contributed by atoms with Gasteiger partial charge < -0.3 is 20.3 Å². The first-order valence-corrected chi connectivity index (χ1v) is 11.6. The molecule has 0 radical (unpaired) electrons. The quantitative estimate of drug-likeness (QED) is 0.491. The molecule has 8 nitrogen and oxygen atoms in total. The molecule has 0 aliphatic heterocycles. The van der Waals surface area contributed by atoms with E-state index in [1.54, 1.807) is 11.4 Å². The molecule has 0 unspecified atom stereocenters. The van der Waals surface area contributed by atoms with Crippen LogP contribution in [0.3, 0.4) is 0 Å². The summed E-state index contributed by atoms with van der Waals surface area (Å²) in [4.78, 5) is 43.0. The maximum absolute atomic E-state index is 12.9. The van der Waals surface area contributed by atoms with E-state index in [0.717, 1.165) is 0 Å². The lowest BCUT2D eigenvalue weighted by Crippen LogP contribution is -2.40. The molecule has 0 saturated heterocycles. The van der Waals surface area contributed by atoms with Crippen molar-refractivity contribution in [3.63, 3.8) is 0 Å². The normalized spacial score (nSPS) is 10.8. The summed E-state index contributed by atoms with van der Waals surface area (Å²) in [6, 6.07) is 4.55. The molecule has 1 aromatic carbocycles. The molecule has 0 atom stereocenters. The number of nitrogens with zero attached hydrogens (tertiary/aromatic N) is 2. The largest absolute Gasteiger partial charge is 0.383 e. The molecule has 3 amide bonds. The van der Waals surface area contributed by atoms with Gasteiger partial charge in [-0.1, -0.05) is 37.0 Å². The fourth-order valence-corrected chi connectivity index (χ4v) is 3.83. The average molecular weight is 501 g/mol. The van der Waals surface area contributed by atoms with Gasteiger partial charge in [0.1, 0.15) is 6.54 Å². The zero-order valence-electron chi connectivity index (χ0n) is 18.1. The molecule has 0 spiro atoms. The van der Waals surface area contributed by atoms with Crippen molar-refractivity contribution in [2.75, 3.05) is 38.7 Å². The minimum atomic E-state index is -0.426. The van der Waals surface area contributed by atoms with Crippen LogP contribution in [-0.2, 0) is 20.7 Å². The van der Waals surface area contributed by atoms with Crippen LogP contribution in [0, 0.1) is 5.92 Å². The number of carbonyl (C=O) groups excluding carboxylic acids is 3. The fourth-order valence-electron chi connectivity index (χ4n) is 2.61. The van der Waals surface area contributed by atoms with Gasteiger partial charge in [0.15, 0.2) is 5.13 Å². The number of benzene rings is 1. The minimum Gasteiger partial charge on any atom is -0.383 e. The van der Waals surface area contributed by atoms with Gasteiger partial charge in [0.2, 0.25) is 11.8 Å². The van der Waals surface area contributed by atoms with Crippen LogP contribution >= 0.6 is 34.5 Å². The Morgan fingerprint density at radius 3 is 2.62 bits per heavy atom. The Hall–Kier alpha value is -2.20. The van der Waals surface area contributed by atoms with Gasteiger partial charge in [0.25, 0.3) is 5.91 Å². The van der Waals surface area contributed by atoms with Crippen molar-refractivity contribution in [2.45, 2.75) is 20.3 Å². The molecule has 0 aliphatic carbocycles. The number of hydrogen-bond acceptors (Lipinski definition) is 6. The minimum absolute atomic E-state index is 0.127. The van der Waals surface area contributed by atoms with E-state index in [-0.39, 0.29) is 42.6 Å². The van der Waals surface area contributed by atoms with Crippen LogP contribution in [0.15, 0.2) is 23.6 Å². The number of rotatable bonds is 11. The fraction of sp³-hybridized carbons (Fsp3) is 0.429. The van der Waals surface area contributed by atoms with Crippen molar-refractivity contribution in [2.24, 2.45) is 5.92 Å².